The highest BCUT2D eigenvalue weighted by Gasteiger charge is 2.28. The van der Waals surface area contributed by atoms with E-state index in [-0.39, 0.29) is 0 Å². The number of hydrogen-bond acceptors (Lipinski definition) is 5. The summed E-state index contributed by atoms with van der Waals surface area (Å²) in [6.45, 7) is 5.01. The van der Waals surface area contributed by atoms with Crippen LogP contribution >= 0.6 is 11.8 Å². The lowest BCUT2D eigenvalue weighted by molar-refractivity contribution is 0.427. The Morgan fingerprint density at radius 2 is 2.33 bits per heavy atom. The number of nitrogens with zero attached hydrogens (tertiary/aromatic N) is 2. The molecule has 0 aliphatic heterocycles. The predicted octanol–water partition coefficient (Wildman–Crippen LogP) is 2.00. The summed E-state index contributed by atoms with van der Waals surface area (Å²) in [7, 11) is 0. The van der Waals surface area contributed by atoms with Crippen LogP contribution in [-0.2, 0) is 0 Å². The van der Waals surface area contributed by atoms with Crippen LogP contribution in [-0.4, -0.2) is 28.0 Å². The van der Waals surface area contributed by atoms with Crippen LogP contribution in [0.3, 0.4) is 0 Å². The van der Waals surface area contributed by atoms with Gasteiger partial charge in [0.2, 0.25) is 5.89 Å². The topological polar surface area (TPSA) is 51.0 Å². The van der Waals surface area contributed by atoms with Crippen molar-refractivity contribution < 1.29 is 4.42 Å². The van der Waals surface area contributed by atoms with Crippen molar-refractivity contribution in [3.8, 4) is 0 Å². The van der Waals surface area contributed by atoms with E-state index in [0.29, 0.717) is 22.4 Å². The molecule has 0 aromatic carbocycles. The van der Waals surface area contributed by atoms with Gasteiger partial charge in [-0.15, -0.1) is 10.2 Å². The molecule has 1 N–H and O–H groups in total. The average Bonchev–Trinajstić information content (AvgIpc) is 2.78. The van der Waals surface area contributed by atoms with E-state index < -0.39 is 0 Å². The van der Waals surface area contributed by atoms with Crippen molar-refractivity contribution >= 4 is 11.8 Å². The minimum Gasteiger partial charge on any atom is -0.416 e. The predicted molar refractivity (Wildman–Crippen MR) is 60.0 cm³/mol. The van der Waals surface area contributed by atoms with Gasteiger partial charge < -0.3 is 9.73 Å². The molecule has 84 valence electrons. The Morgan fingerprint density at radius 1 is 1.47 bits per heavy atom. The largest absolute Gasteiger partial charge is 0.416 e. The van der Waals surface area contributed by atoms with Gasteiger partial charge in [-0.05, 0) is 19.4 Å². The van der Waals surface area contributed by atoms with Crippen molar-refractivity contribution in [2.45, 2.75) is 49.6 Å². The molecule has 2 unspecified atom stereocenters. The average molecular weight is 227 g/mol. The molecular formula is C10H17N3OS. The third-order valence-electron chi connectivity index (χ3n) is 2.68. The van der Waals surface area contributed by atoms with Crippen molar-refractivity contribution in [2.75, 3.05) is 6.54 Å². The van der Waals surface area contributed by atoms with Gasteiger partial charge in [-0.3, -0.25) is 0 Å². The third kappa shape index (κ3) is 2.72. The van der Waals surface area contributed by atoms with Gasteiger partial charge in [0.15, 0.2) is 0 Å². The zero-order valence-corrected chi connectivity index (χ0v) is 10.0. The van der Waals surface area contributed by atoms with Crippen LogP contribution in [0.15, 0.2) is 9.64 Å². The Hall–Kier alpha value is -0.550. The van der Waals surface area contributed by atoms with Gasteiger partial charge in [0.05, 0.1) is 0 Å². The Labute approximate surface area is 94.2 Å². The molecule has 2 rings (SSSR count). The standard InChI is InChI=1S/C10H17N3OS/c1-3-11-8-5-4-6-9(8)15-10-13-12-7(2)14-10/h8-9,11H,3-6H2,1-2H3. The third-order valence-corrected chi connectivity index (χ3v) is 3.91. The first-order valence-electron chi connectivity index (χ1n) is 5.49. The summed E-state index contributed by atoms with van der Waals surface area (Å²) in [5.41, 5.74) is 0. The summed E-state index contributed by atoms with van der Waals surface area (Å²) in [5.74, 6) is 0.649. The van der Waals surface area contributed by atoms with E-state index in [0.717, 1.165) is 6.54 Å². The Bertz CT molecular complexity index is 315. The summed E-state index contributed by atoms with van der Waals surface area (Å²) in [6, 6.07) is 0.604. The maximum Gasteiger partial charge on any atom is 0.276 e. The van der Waals surface area contributed by atoms with Crippen LogP contribution in [0.1, 0.15) is 32.1 Å². The van der Waals surface area contributed by atoms with Crippen molar-refractivity contribution in [1.29, 1.82) is 0 Å². The first-order valence-corrected chi connectivity index (χ1v) is 6.37. The Kier molecular flexibility index (Phi) is 3.64. The zero-order chi connectivity index (χ0) is 10.7. The van der Waals surface area contributed by atoms with Gasteiger partial charge in [-0.25, -0.2) is 0 Å². The van der Waals surface area contributed by atoms with Gasteiger partial charge in [0, 0.05) is 18.2 Å². The molecule has 0 bridgehead atoms. The van der Waals surface area contributed by atoms with Crippen molar-refractivity contribution in [1.82, 2.24) is 15.5 Å². The molecule has 4 nitrogen and oxygen atoms in total. The minimum atomic E-state index is 0.588. The number of aryl methyl sites for hydroxylation is 1. The molecule has 0 saturated heterocycles. The Balaban J connectivity index is 1.93. The highest BCUT2D eigenvalue weighted by Crippen LogP contribution is 2.34. The number of rotatable bonds is 4. The molecule has 15 heavy (non-hydrogen) atoms. The first-order chi connectivity index (χ1) is 7.29. The van der Waals surface area contributed by atoms with Crippen molar-refractivity contribution in [3.05, 3.63) is 5.89 Å². The molecule has 1 aliphatic carbocycles. The summed E-state index contributed by atoms with van der Waals surface area (Å²) in [5, 5.41) is 12.7. The number of aromatic nitrogens is 2. The maximum absolute atomic E-state index is 5.38. The second-order valence-electron chi connectivity index (χ2n) is 3.84. The van der Waals surface area contributed by atoms with Crippen LogP contribution < -0.4 is 5.32 Å². The van der Waals surface area contributed by atoms with E-state index in [1.807, 2.05) is 6.92 Å². The van der Waals surface area contributed by atoms with E-state index in [4.69, 9.17) is 4.42 Å². The molecule has 1 fully saturated rings. The van der Waals surface area contributed by atoms with E-state index >= 15 is 0 Å². The second-order valence-corrected chi connectivity index (χ2v) is 5.03. The molecule has 0 radical (unpaired) electrons. The van der Waals surface area contributed by atoms with Gasteiger partial charge in [0.1, 0.15) is 0 Å². The van der Waals surface area contributed by atoms with Crippen LogP contribution in [0.2, 0.25) is 0 Å². The lowest BCUT2D eigenvalue weighted by Crippen LogP contribution is -2.33. The number of nitrogens with one attached hydrogen (secondary N) is 1. The smallest absolute Gasteiger partial charge is 0.276 e. The molecule has 1 aromatic heterocycles. The summed E-state index contributed by atoms with van der Waals surface area (Å²) >= 11 is 1.72. The van der Waals surface area contributed by atoms with Crippen molar-refractivity contribution in [3.63, 3.8) is 0 Å². The normalized spacial score (nSPS) is 26.0. The lowest BCUT2D eigenvalue weighted by Gasteiger charge is -2.17. The lowest BCUT2D eigenvalue weighted by atomic mass is 10.2. The molecule has 0 spiro atoms. The molecule has 5 heteroatoms. The van der Waals surface area contributed by atoms with E-state index in [9.17, 15) is 0 Å². The molecule has 2 atom stereocenters. The summed E-state index contributed by atoms with van der Waals surface area (Å²) in [4.78, 5) is 0. The zero-order valence-electron chi connectivity index (χ0n) is 9.19. The summed E-state index contributed by atoms with van der Waals surface area (Å²) < 4.78 is 5.38. The molecular weight excluding hydrogens is 210 g/mol. The molecule has 1 heterocycles. The van der Waals surface area contributed by atoms with Crippen LogP contribution in [0, 0.1) is 6.92 Å². The van der Waals surface area contributed by atoms with Gasteiger partial charge in [0.25, 0.3) is 5.22 Å². The van der Waals surface area contributed by atoms with Gasteiger partial charge >= 0.3 is 0 Å². The van der Waals surface area contributed by atoms with Crippen LogP contribution in [0.25, 0.3) is 0 Å². The van der Waals surface area contributed by atoms with E-state index in [2.05, 4.69) is 22.4 Å². The molecule has 1 saturated carbocycles. The van der Waals surface area contributed by atoms with Crippen LogP contribution in [0.4, 0.5) is 0 Å². The minimum absolute atomic E-state index is 0.588. The molecule has 0 amide bonds. The van der Waals surface area contributed by atoms with Crippen molar-refractivity contribution in [2.24, 2.45) is 0 Å². The fourth-order valence-corrected chi connectivity index (χ4v) is 3.22. The number of hydrogen-bond donors (Lipinski definition) is 1. The summed E-state index contributed by atoms with van der Waals surface area (Å²) in [6.07, 6.45) is 3.80. The fourth-order valence-electron chi connectivity index (χ4n) is 2.02. The van der Waals surface area contributed by atoms with Gasteiger partial charge in [-0.1, -0.05) is 25.1 Å². The fraction of sp³-hybridized carbons (Fsp3) is 0.800. The quantitative estimate of drug-likeness (QED) is 0.852. The van der Waals surface area contributed by atoms with Crippen LogP contribution in [0.5, 0.6) is 0 Å². The monoisotopic (exact) mass is 227 g/mol. The maximum atomic E-state index is 5.38. The molecule has 1 aliphatic rings. The van der Waals surface area contributed by atoms with Gasteiger partial charge in [-0.2, -0.15) is 0 Å². The SMILES string of the molecule is CCNC1CCCC1Sc1nnc(C)o1. The first kappa shape index (κ1) is 11.0. The highest BCUT2D eigenvalue weighted by molar-refractivity contribution is 7.99. The van der Waals surface area contributed by atoms with E-state index in [1.54, 1.807) is 11.8 Å². The molecule has 1 aromatic rings. The van der Waals surface area contributed by atoms with E-state index in [1.165, 1.54) is 19.3 Å². The highest BCUT2D eigenvalue weighted by atomic mass is 32.2. The number of thioether (sulfide) groups is 1. The Morgan fingerprint density at radius 3 is 3.00 bits per heavy atom. The second kappa shape index (κ2) is 4.99.